The zero-order chi connectivity index (χ0) is 50.0. The van der Waals surface area contributed by atoms with Crippen molar-refractivity contribution < 1.29 is 48.0 Å². The normalized spacial score (nSPS) is 18.9. The highest BCUT2D eigenvalue weighted by molar-refractivity contribution is 9.10. The van der Waals surface area contributed by atoms with E-state index >= 15 is 0 Å². The Morgan fingerprint density at radius 3 is 1.22 bits per heavy atom. The summed E-state index contributed by atoms with van der Waals surface area (Å²) in [6, 6.07) is 10.3. The third kappa shape index (κ3) is 19.5. The van der Waals surface area contributed by atoms with Crippen LogP contribution in [0.4, 0.5) is 47.6 Å². The zero-order valence-corrected chi connectivity index (χ0v) is 42.4. The molecule has 2 aromatic carbocycles. The molecule has 20 heteroatoms. The number of hydrogen-bond donors (Lipinski definition) is 2. The highest BCUT2D eigenvalue weighted by Gasteiger charge is 2.39. The van der Waals surface area contributed by atoms with Gasteiger partial charge in [0, 0.05) is 59.5 Å². The number of ether oxygens (including phenoxy) is 4. The summed E-state index contributed by atoms with van der Waals surface area (Å²) in [5.74, 6) is 0. The van der Waals surface area contributed by atoms with E-state index in [1.54, 1.807) is 89.2 Å². The summed E-state index contributed by atoms with van der Waals surface area (Å²) in [6.45, 7) is 29.5. The molecule has 2 aliphatic heterocycles. The maximum atomic E-state index is 12.9. The van der Waals surface area contributed by atoms with E-state index in [0.717, 1.165) is 12.1 Å². The third-order valence-electron chi connectivity index (χ3n) is 8.84. The number of nitrogens with one attached hydrogen (secondary N) is 2. The first-order valence-electron chi connectivity index (χ1n) is 21.6. The summed E-state index contributed by atoms with van der Waals surface area (Å²) < 4.78 is 21.5. The fraction of sp³-hybridized carbons (Fsp3) is 0.644. The van der Waals surface area contributed by atoms with E-state index in [4.69, 9.17) is 18.9 Å². The van der Waals surface area contributed by atoms with Gasteiger partial charge in [-0.25, -0.2) is 19.2 Å². The molecule has 4 atom stereocenters. The molecule has 364 valence electrons. The van der Waals surface area contributed by atoms with Crippen molar-refractivity contribution in [1.82, 2.24) is 10.6 Å². The first-order chi connectivity index (χ1) is 29.6. The molecular formula is C45H70BrN7O12. The molecule has 0 radical (unpaired) electrons. The van der Waals surface area contributed by atoms with Gasteiger partial charge in [-0.05, 0) is 148 Å². The average Bonchev–Trinajstić information content (AvgIpc) is 3.09. The number of halogens is 1. The molecule has 2 N–H and O–H groups in total. The van der Waals surface area contributed by atoms with Gasteiger partial charge in [0.05, 0.1) is 9.85 Å². The van der Waals surface area contributed by atoms with Crippen molar-refractivity contribution >= 4 is 68.7 Å². The summed E-state index contributed by atoms with van der Waals surface area (Å²) in [5.41, 5.74) is -4.28. The van der Waals surface area contributed by atoms with Crippen molar-refractivity contribution in [3.8, 4) is 0 Å². The predicted molar refractivity (Wildman–Crippen MR) is 254 cm³/mol. The van der Waals surface area contributed by atoms with Crippen LogP contribution in [0.5, 0.6) is 0 Å². The van der Waals surface area contributed by atoms with Gasteiger partial charge in [-0.2, -0.15) is 9.80 Å². The first-order valence-corrected chi connectivity index (χ1v) is 22.4. The van der Waals surface area contributed by atoms with E-state index < -0.39 is 68.0 Å². The second kappa shape index (κ2) is 22.9. The van der Waals surface area contributed by atoms with Crippen molar-refractivity contribution in [3.63, 3.8) is 0 Å². The lowest BCUT2D eigenvalue weighted by molar-refractivity contribution is -0.384. The number of nitrogens with zero attached hydrogens (tertiary/aromatic N) is 5. The van der Waals surface area contributed by atoms with Crippen LogP contribution in [0.2, 0.25) is 0 Å². The molecule has 0 spiro atoms. The molecule has 0 saturated carbocycles. The van der Waals surface area contributed by atoms with Crippen LogP contribution in [0.25, 0.3) is 0 Å². The van der Waals surface area contributed by atoms with Crippen LogP contribution < -0.4 is 25.3 Å². The molecule has 4 amide bonds. The number of anilines is 3. The second-order valence-electron chi connectivity index (χ2n) is 20.2. The van der Waals surface area contributed by atoms with Crippen LogP contribution >= 0.6 is 15.9 Å². The predicted octanol–water partition coefficient (Wildman–Crippen LogP) is 11.0. The van der Waals surface area contributed by atoms with Gasteiger partial charge >= 0.3 is 24.4 Å². The first kappa shape index (κ1) is 56.1. The van der Waals surface area contributed by atoms with Gasteiger partial charge < -0.3 is 34.5 Å². The van der Waals surface area contributed by atoms with Gasteiger partial charge in [-0.1, -0.05) is 22.4 Å². The monoisotopic (exact) mass is 979 g/mol. The molecule has 0 unspecified atom stereocenters. The SMILES string of the molecule is CC(C)(C)OC(=O)N(C(=O)OC(C)(C)C)c1ccc(Br)cc1[N+](=O)[O-].C[C@@H]1CCC[C@H](C)N1.C[C@@H]1CN(c2ccc(N(C(=O)OC(C)(C)C)C(=O)OC(C)(C)C)c([N+](=O)[O-])c2)C[C@H](C)N1. The Labute approximate surface area is 391 Å². The zero-order valence-electron chi connectivity index (χ0n) is 40.8. The molecular weight excluding hydrogens is 910 g/mol. The number of carbonyl (C=O) groups is 4. The van der Waals surface area contributed by atoms with Crippen LogP contribution in [0, 0.1) is 20.2 Å². The van der Waals surface area contributed by atoms with E-state index in [-0.39, 0.29) is 23.5 Å². The van der Waals surface area contributed by atoms with E-state index in [1.807, 2.05) is 18.7 Å². The molecule has 2 aliphatic rings. The molecule has 19 nitrogen and oxygen atoms in total. The molecule has 0 aliphatic carbocycles. The third-order valence-corrected chi connectivity index (χ3v) is 9.34. The number of piperazine rings is 1. The van der Waals surface area contributed by atoms with Crippen LogP contribution in [-0.4, -0.2) is 93.9 Å². The van der Waals surface area contributed by atoms with Crippen molar-refractivity contribution in [2.45, 2.75) is 177 Å². The Balaban J connectivity index is 0.000000388. The maximum absolute atomic E-state index is 12.9. The number of amides is 4. The van der Waals surface area contributed by atoms with Gasteiger partial charge in [0.2, 0.25) is 0 Å². The molecule has 65 heavy (non-hydrogen) atoms. The van der Waals surface area contributed by atoms with Crippen molar-refractivity contribution in [1.29, 1.82) is 0 Å². The fourth-order valence-corrected chi connectivity index (χ4v) is 6.92. The lowest BCUT2D eigenvalue weighted by Gasteiger charge is -2.37. The molecule has 0 bridgehead atoms. The standard InChI is InChI=1S/C22H34N4O6.C16H21BrN2O6.C7H15N/c1-14-12-24(13-15(2)23-14)16-9-10-17(18(11-16)26(29)30)25(19(27)31-21(3,4)5)20(28)32-22(6,7)8;1-15(2,3)24-13(20)18(14(21)25-16(4,5)6)11-8-7-10(17)9-12(11)19(22)23;1-6-4-3-5-7(2)8-6/h9-11,14-15,23H,12-13H2,1-8H3;7-9H,1-6H3;6-8H,3-5H2,1-2H3/t14-,15+;;6-,7+. The molecule has 2 heterocycles. The Hall–Kier alpha value is -5.08. The number of carbonyl (C=O) groups excluding carboxylic acids is 4. The summed E-state index contributed by atoms with van der Waals surface area (Å²) in [6.07, 6.45) is -0.0809. The Morgan fingerprint density at radius 1 is 0.585 bits per heavy atom. The second-order valence-corrected chi connectivity index (χ2v) is 21.1. The average molecular weight is 981 g/mol. The number of imide groups is 2. The minimum Gasteiger partial charge on any atom is -0.443 e. The Kier molecular flexibility index (Phi) is 19.7. The molecule has 2 aromatic rings. The van der Waals surface area contributed by atoms with E-state index in [2.05, 4.69) is 40.4 Å². The highest BCUT2D eigenvalue weighted by atomic mass is 79.9. The minimum absolute atomic E-state index is 0.206. The summed E-state index contributed by atoms with van der Waals surface area (Å²) in [7, 11) is 0. The highest BCUT2D eigenvalue weighted by Crippen LogP contribution is 2.36. The van der Waals surface area contributed by atoms with E-state index in [9.17, 15) is 39.4 Å². The topological polar surface area (TPSA) is 225 Å². The Morgan fingerprint density at radius 2 is 0.908 bits per heavy atom. The van der Waals surface area contributed by atoms with Crippen LogP contribution in [0.3, 0.4) is 0 Å². The minimum atomic E-state index is -1.06. The fourth-order valence-electron chi connectivity index (χ4n) is 6.57. The van der Waals surface area contributed by atoms with Gasteiger partial charge in [-0.15, -0.1) is 0 Å². The smallest absolute Gasteiger partial charge is 0.424 e. The largest absolute Gasteiger partial charge is 0.443 e. The molecule has 0 aromatic heterocycles. The van der Waals surface area contributed by atoms with Crippen molar-refractivity contribution in [2.75, 3.05) is 27.8 Å². The number of hydrogen-bond acceptors (Lipinski definition) is 15. The van der Waals surface area contributed by atoms with Gasteiger partial charge in [-0.3, -0.25) is 20.2 Å². The lowest BCUT2D eigenvalue weighted by atomic mass is 10.0. The summed E-state index contributed by atoms with van der Waals surface area (Å²) >= 11 is 3.13. The maximum Gasteiger partial charge on any atom is 0.424 e. The van der Waals surface area contributed by atoms with Crippen LogP contribution in [0.1, 0.15) is 130 Å². The van der Waals surface area contributed by atoms with Crippen LogP contribution in [0.15, 0.2) is 40.9 Å². The Bertz CT molecular complexity index is 1930. The quantitative estimate of drug-likeness (QED) is 0.161. The number of nitro groups is 2. The van der Waals surface area contributed by atoms with Crippen LogP contribution in [-0.2, 0) is 18.9 Å². The molecule has 2 saturated heterocycles. The molecule has 2 fully saturated rings. The summed E-state index contributed by atoms with van der Waals surface area (Å²) in [4.78, 5) is 76.0. The van der Waals surface area contributed by atoms with Gasteiger partial charge in [0.1, 0.15) is 33.8 Å². The van der Waals surface area contributed by atoms with E-state index in [0.29, 0.717) is 33.0 Å². The van der Waals surface area contributed by atoms with Crippen molar-refractivity contribution in [3.05, 3.63) is 61.1 Å². The van der Waals surface area contributed by atoms with E-state index in [1.165, 1.54) is 49.6 Å². The lowest BCUT2D eigenvalue weighted by Crippen LogP contribution is -2.54. The number of nitro benzene ring substituents is 2. The van der Waals surface area contributed by atoms with Crippen molar-refractivity contribution in [2.24, 2.45) is 0 Å². The number of benzene rings is 2. The number of piperidine rings is 1. The summed E-state index contributed by atoms with van der Waals surface area (Å²) in [5, 5.41) is 30.2. The van der Waals surface area contributed by atoms with Gasteiger partial charge in [0.15, 0.2) is 0 Å². The number of rotatable bonds is 5. The molecule has 4 rings (SSSR count). The van der Waals surface area contributed by atoms with Gasteiger partial charge in [0.25, 0.3) is 11.4 Å².